The Morgan fingerprint density at radius 2 is 1.34 bits per heavy atom. The number of carboxylic acids is 4. The quantitative estimate of drug-likeness (QED) is 0.0841. The Labute approximate surface area is 402 Å². The molecule has 2 saturated carbocycles. The zero-order valence-corrected chi connectivity index (χ0v) is 41.1. The summed E-state index contributed by atoms with van der Waals surface area (Å²) in [6.45, 7) is 12.5. The number of nitrogens with zero attached hydrogens (tertiary/aromatic N) is 2. The molecule has 3 saturated heterocycles. The maximum Gasteiger partial charge on any atom is 0.417 e. The van der Waals surface area contributed by atoms with E-state index in [2.05, 4.69) is 36.9 Å². The number of aliphatic hydroxyl groups excluding tert-OH is 1. The number of fused-ring (bicyclic) bond motifs is 2. The summed E-state index contributed by atoms with van der Waals surface area (Å²) in [6, 6.07) is -1.66. The number of carbonyl (C=O) groups excluding carboxylic acids is 5. The van der Waals surface area contributed by atoms with Gasteiger partial charge in [0.05, 0.1) is 57.4 Å². The molecule has 4 bridgehead atoms. The highest BCUT2D eigenvalue weighted by molar-refractivity contribution is 9.09. The maximum atomic E-state index is 12.4. The molecule has 0 aromatic heterocycles. The predicted octanol–water partition coefficient (Wildman–Crippen LogP) is 1.71. The van der Waals surface area contributed by atoms with Crippen LogP contribution < -0.4 is 17.6 Å². The van der Waals surface area contributed by atoms with Crippen LogP contribution in [0.15, 0.2) is 28.3 Å². The van der Waals surface area contributed by atoms with Gasteiger partial charge in [0, 0.05) is 30.0 Å². The number of cyclic esters (lactones) is 1. The molecule has 4 aliphatic heterocycles. The minimum atomic E-state index is -1.17. The summed E-state index contributed by atoms with van der Waals surface area (Å²) in [4.78, 5) is 107. The van der Waals surface area contributed by atoms with Crippen molar-refractivity contribution in [2.45, 2.75) is 120 Å². The van der Waals surface area contributed by atoms with Gasteiger partial charge in [-0.3, -0.25) is 33.8 Å². The van der Waals surface area contributed by atoms with Crippen molar-refractivity contribution in [2.24, 2.45) is 69.7 Å². The maximum absolute atomic E-state index is 12.4. The minimum absolute atomic E-state index is 0. The van der Waals surface area contributed by atoms with Gasteiger partial charge in [0.25, 0.3) is 0 Å². The standard InChI is InChI=1S/C13H16BrNO5.C11H13NO4.C10H15NO3.C8H12BrNO5.H3N.H2O/c1-13(2,3)20-12(18)15-8-6-4-5(10(15)16)7(14)9(8)19-11(6)17;1-5-3-7(10(13)14)4-8-9(5)12-6(2)16-11(8)15;1-5-3-7(10(13)14)4-8(6(5)2)9(11)12;9-4-2(7(12)13)1-3(8(14)15)5(10)6(4)11;;/h5-9H,4H2,1-3H3;3,5,8-9H,4H2,1-2H3,(H,13,14);3,5-6,8H,4H2,1-2H3,(H2,11,12)(H,13,14);2-6,11H,1,10H2,(H,12,13)(H,14,15);1H3;1H2/p+1/t;5-,8+,9+;5-,6+,8+;2-,3-,4-,5+,6+;;/m.110../s1. The number of nitrogens with two attached hydrogens (primary N) is 2. The van der Waals surface area contributed by atoms with E-state index in [9.17, 15) is 48.3 Å². The van der Waals surface area contributed by atoms with E-state index in [-0.39, 0.29) is 88.8 Å². The first-order valence-corrected chi connectivity index (χ1v) is 22.7. The molecule has 0 radical (unpaired) electrons. The number of primary amides is 1. The molecule has 4 heterocycles. The number of aliphatic hydroxyl groups is 1. The van der Waals surface area contributed by atoms with Gasteiger partial charge in [-0.25, -0.2) is 19.3 Å². The number of carbonyl (C=O) groups is 9. The van der Waals surface area contributed by atoms with Crippen LogP contribution in [-0.2, 0) is 58.0 Å². The fourth-order valence-electron chi connectivity index (χ4n) is 9.04. The zero-order chi connectivity index (χ0) is 49.3. The van der Waals surface area contributed by atoms with Crippen LogP contribution >= 0.6 is 31.9 Å². The van der Waals surface area contributed by atoms with Crippen molar-refractivity contribution in [1.82, 2.24) is 11.1 Å². The lowest BCUT2D eigenvalue weighted by atomic mass is 9.72. The third-order valence-corrected chi connectivity index (χ3v) is 15.0. The summed E-state index contributed by atoms with van der Waals surface area (Å²) >= 11 is 6.46. The van der Waals surface area contributed by atoms with Gasteiger partial charge in [-0.05, 0) is 64.2 Å². The third kappa shape index (κ3) is 13.0. The van der Waals surface area contributed by atoms with E-state index in [0.717, 1.165) is 4.90 Å². The average molecular weight is 1080 g/mol. The fraction of sp³-hybridized carbons (Fsp3) is 0.667. The monoisotopic (exact) mass is 1080 g/mol. The molecule has 16 atom stereocenters. The van der Waals surface area contributed by atoms with Crippen molar-refractivity contribution in [3.8, 4) is 0 Å². The number of imide groups is 1. The second-order valence-electron chi connectivity index (χ2n) is 18.3. The molecule has 5 unspecified atom stereocenters. The van der Waals surface area contributed by atoms with Crippen LogP contribution in [0.5, 0.6) is 0 Å². The number of aliphatic carboxylic acids is 4. The number of piperidine rings is 2. The normalized spacial score (nSPS) is 35.5. The van der Waals surface area contributed by atoms with E-state index < -0.39 is 100 Å². The van der Waals surface area contributed by atoms with Crippen LogP contribution in [0.3, 0.4) is 0 Å². The molecule has 25 heteroatoms. The summed E-state index contributed by atoms with van der Waals surface area (Å²) in [6.07, 6.45) is 1.91. The number of halogens is 2. The summed E-state index contributed by atoms with van der Waals surface area (Å²) in [5.74, 6) is -8.64. The second-order valence-corrected chi connectivity index (χ2v) is 20.4. The Hall–Kier alpha value is -4.82. The molecule has 0 spiro atoms. The lowest BCUT2D eigenvalue weighted by molar-refractivity contribution is -0.152. The predicted molar refractivity (Wildman–Crippen MR) is 242 cm³/mol. The summed E-state index contributed by atoms with van der Waals surface area (Å²) in [5, 5.41) is 45.0. The number of carboxylic acid groups (broad SMARTS) is 4. The van der Waals surface area contributed by atoms with Crippen LogP contribution in [0, 0.1) is 53.3 Å². The van der Waals surface area contributed by atoms with Gasteiger partial charge in [-0.2, -0.15) is 0 Å². The molecular weight excluding hydrogens is 1020 g/mol. The molecule has 67 heavy (non-hydrogen) atoms. The van der Waals surface area contributed by atoms with Crippen LogP contribution in [0.1, 0.15) is 74.1 Å². The van der Waals surface area contributed by atoms with Gasteiger partial charge < -0.3 is 62.8 Å². The molecule has 0 aromatic rings. The van der Waals surface area contributed by atoms with Crippen molar-refractivity contribution < 1.29 is 88.4 Å². The molecule has 4 aliphatic carbocycles. The van der Waals surface area contributed by atoms with Crippen LogP contribution in [0.4, 0.5) is 4.79 Å². The van der Waals surface area contributed by atoms with Crippen LogP contribution in [0.2, 0.25) is 0 Å². The smallest absolute Gasteiger partial charge is 0.417 e. The number of ether oxygens (including phenoxy) is 3. The van der Waals surface area contributed by atoms with E-state index >= 15 is 0 Å². The van der Waals surface area contributed by atoms with Crippen molar-refractivity contribution in [1.29, 1.82) is 0 Å². The van der Waals surface area contributed by atoms with E-state index in [1.807, 2.05) is 20.8 Å². The lowest BCUT2D eigenvalue weighted by Gasteiger charge is -2.47. The molecule has 376 valence electrons. The Morgan fingerprint density at radius 3 is 1.85 bits per heavy atom. The highest BCUT2D eigenvalue weighted by Gasteiger charge is 2.66. The number of rotatable bonds is 5. The Bertz CT molecular complexity index is 2030. The molecule has 8 aliphatic rings. The van der Waals surface area contributed by atoms with Crippen molar-refractivity contribution in [3.63, 3.8) is 0 Å². The van der Waals surface area contributed by atoms with E-state index in [4.69, 9.17) is 46.1 Å². The van der Waals surface area contributed by atoms with Crippen molar-refractivity contribution >= 4 is 91.5 Å². The Morgan fingerprint density at radius 1 is 0.806 bits per heavy atom. The SMILES string of the molecule is CC(C)(C)OC(=O)N1C(=O)C2CC3C(=O)OC(C2Br)C31.CC1=N[C@H]2[C@H](C)C=C(C(=O)O)C[C@@H]2C(=O)O1.C[C@H]1[C@H](C)C=C(C(=O)O)C[C@@H]1C(N)=O.N.N[C@H]1[C@H](O)[C@@H](Br)[C@@H](C(=O)O)C[C@@H]1C(=O)O.[OH3+]. The number of esters is 2. The van der Waals surface area contributed by atoms with Gasteiger partial charge in [0.15, 0.2) is 5.90 Å². The van der Waals surface area contributed by atoms with Gasteiger partial charge in [-0.15, -0.1) is 0 Å². The number of hydrogen-bond acceptors (Lipinski definition) is 16. The average Bonchev–Trinajstić information content (AvgIpc) is 3.46. The molecule has 0 aromatic carbocycles. The van der Waals surface area contributed by atoms with Gasteiger partial charge in [0.2, 0.25) is 11.8 Å². The number of alkyl halides is 2. The molecule has 3 amide bonds. The third-order valence-electron chi connectivity index (χ3n) is 12.7. The van der Waals surface area contributed by atoms with Gasteiger partial charge in [-0.1, -0.05) is 64.8 Å². The molecule has 8 rings (SSSR count). The van der Waals surface area contributed by atoms with Crippen molar-refractivity contribution in [2.75, 3.05) is 0 Å². The minimum Gasteiger partial charge on any atom is -0.481 e. The number of aliphatic imine (C=N–C) groups is 1. The van der Waals surface area contributed by atoms with E-state index in [0.29, 0.717) is 17.9 Å². The first-order chi connectivity index (χ1) is 30.0. The molecule has 5 fully saturated rings. The summed E-state index contributed by atoms with van der Waals surface area (Å²) in [5.41, 5.74) is 10.6. The highest BCUT2D eigenvalue weighted by atomic mass is 79.9. The van der Waals surface area contributed by atoms with Gasteiger partial charge >= 0.3 is 41.9 Å². The van der Waals surface area contributed by atoms with Crippen molar-refractivity contribution in [3.05, 3.63) is 23.3 Å². The number of amides is 3. The van der Waals surface area contributed by atoms with E-state index in [1.54, 1.807) is 39.8 Å². The van der Waals surface area contributed by atoms with Gasteiger partial charge in [0.1, 0.15) is 11.7 Å². The Balaban J connectivity index is 0.000000307. The fourth-order valence-corrected chi connectivity index (χ4v) is 10.7. The van der Waals surface area contributed by atoms with E-state index in [1.165, 1.54) is 0 Å². The number of hydrogen-bond donors (Lipinski definition) is 8. The highest BCUT2D eigenvalue weighted by Crippen LogP contribution is 2.49. The van der Waals surface area contributed by atoms with Crippen LogP contribution in [-0.4, -0.2) is 136 Å². The number of allylic oxidation sites excluding steroid dienone is 1. The first-order valence-electron chi connectivity index (χ1n) is 20.9. The Kier molecular flexibility index (Phi) is 20.0. The lowest BCUT2D eigenvalue weighted by Crippen LogP contribution is -2.66. The summed E-state index contributed by atoms with van der Waals surface area (Å²) < 4.78 is 15.5. The molecule has 23 nitrogen and oxygen atoms in total. The first kappa shape index (κ1) is 58.3. The van der Waals surface area contributed by atoms with Crippen LogP contribution in [0.25, 0.3) is 0 Å². The zero-order valence-electron chi connectivity index (χ0n) is 37.9. The topological polar surface area (TPSA) is 418 Å². The molecule has 15 N–H and O–H groups in total. The second kappa shape index (κ2) is 23.0. The largest absolute Gasteiger partial charge is 0.481 e. The summed E-state index contributed by atoms with van der Waals surface area (Å²) in [7, 11) is 0. The molecular formula is C42H62Br2N5O18+.